The van der Waals surface area contributed by atoms with Crippen LogP contribution >= 0.6 is 11.6 Å². The van der Waals surface area contributed by atoms with Crippen LogP contribution in [0.3, 0.4) is 0 Å². The zero-order chi connectivity index (χ0) is 42.6. The highest BCUT2D eigenvalue weighted by Gasteiger charge is 2.67. The zero-order valence-corrected chi connectivity index (χ0v) is 32.2. The largest absolute Gasteiger partial charge is 0.377 e. The first kappa shape index (κ1) is 40.5. The molecule has 3 heterocycles. The molecule has 5 aromatic rings. The summed E-state index contributed by atoms with van der Waals surface area (Å²) < 4.78 is 144. The lowest BCUT2D eigenvalue weighted by Gasteiger charge is -2.39. The standard InChI is InChI=1S/C38H30ClF8N7O4S/c1-53-32-22(5-6-25(39)29(32)35(51-53)52-59(2,57)58)21-4-3-20(7-8-36(56)15-37(44,45)16-36)48-30(21)26(11-17-9-18(40)12-19(41)10-17)49-27(55)14-54-33-28(31(50-54)34(42)43)23-13-24(23)38(33,46)47/h3-6,9-10,12,23-24,26,34,56H,11,13-16H2,1-2H3,(H,49,55)(H,51,52)/t23-,24?,26-/m0/s1. The van der Waals surface area contributed by atoms with Gasteiger partial charge < -0.3 is 10.4 Å². The van der Waals surface area contributed by atoms with Gasteiger partial charge in [0.1, 0.15) is 40.9 Å². The number of aliphatic hydroxyl groups is 1. The summed E-state index contributed by atoms with van der Waals surface area (Å²) in [5, 5.41) is 21.4. The molecule has 3 aromatic heterocycles. The SMILES string of the molecule is Cn1nc(NS(C)(=O)=O)c2c(Cl)ccc(-c3ccc(C#CC4(O)CC(F)(F)C4)nc3[C@H](Cc3cc(F)cc(F)c3)NC(=O)Cn3nc(C(F)F)c4c3C(F)(F)C3C[C@H]43)c21. The number of aryl methyl sites for hydroxylation is 1. The van der Waals surface area contributed by atoms with Crippen molar-refractivity contribution in [3.05, 3.63) is 93.0 Å². The predicted molar refractivity (Wildman–Crippen MR) is 196 cm³/mol. The third-order valence-corrected chi connectivity index (χ3v) is 11.3. The number of hydrogen-bond donors (Lipinski definition) is 3. The Morgan fingerprint density at radius 3 is 2.36 bits per heavy atom. The van der Waals surface area contributed by atoms with Crippen molar-refractivity contribution < 1.29 is 53.4 Å². The summed E-state index contributed by atoms with van der Waals surface area (Å²) in [5.74, 6) is -6.99. The first-order valence-corrected chi connectivity index (χ1v) is 20.1. The predicted octanol–water partition coefficient (Wildman–Crippen LogP) is 6.89. The van der Waals surface area contributed by atoms with Crippen molar-refractivity contribution >= 4 is 44.3 Å². The summed E-state index contributed by atoms with van der Waals surface area (Å²) >= 11 is 6.55. The van der Waals surface area contributed by atoms with Gasteiger partial charge in [0.2, 0.25) is 15.9 Å². The fraction of sp³-hybridized carbons (Fsp3) is 0.368. The van der Waals surface area contributed by atoms with E-state index in [1.54, 1.807) is 0 Å². The normalized spacial score (nSPS) is 20.0. The molecule has 3 N–H and O–H groups in total. The van der Waals surface area contributed by atoms with Crippen molar-refractivity contribution in [1.82, 2.24) is 29.9 Å². The maximum absolute atomic E-state index is 15.4. The van der Waals surface area contributed by atoms with Gasteiger partial charge in [-0.2, -0.15) is 19.0 Å². The van der Waals surface area contributed by atoms with Crippen LogP contribution in [0.15, 0.2) is 42.5 Å². The van der Waals surface area contributed by atoms with Crippen molar-refractivity contribution in [1.29, 1.82) is 0 Å². The zero-order valence-electron chi connectivity index (χ0n) is 30.6. The van der Waals surface area contributed by atoms with Gasteiger partial charge in [0, 0.05) is 35.7 Å². The molecular formula is C38H30ClF8N7O4S. The van der Waals surface area contributed by atoms with Gasteiger partial charge in [-0.15, -0.1) is 0 Å². The summed E-state index contributed by atoms with van der Waals surface area (Å²) in [7, 11) is -2.41. The number of amides is 1. The number of rotatable bonds is 10. The molecule has 3 atom stereocenters. The number of carbonyl (C=O) groups excluding carboxylic acids is 1. The molecule has 0 spiro atoms. The Hall–Kier alpha value is -5.26. The highest BCUT2D eigenvalue weighted by molar-refractivity contribution is 7.92. The van der Waals surface area contributed by atoms with Crippen molar-refractivity contribution in [3.63, 3.8) is 0 Å². The van der Waals surface area contributed by atoms with Gasteiger partial charge in [0.25, 0.3) is 18.3 Å². The smallest absolute Gasteiger partial charge is 0.293 e. The van der Waals surface area contributed by atoms with Gasteiger partial charge >= 0.3 is 0 Å². The van der Waals surface area contributed by atoms with E-state index in [1.165, 1.54) is 36.0 Å². The molecule has 8 rings (SSSR count). The number of nitrogens with zero attached hydrogens (tertiary/aromatic N) is 5. The molecule has 2 fully saturated rings. The number of halogens is 9. The van der Waals surface area contributed by atoms with E-state index in [0.29, 0.717) is 10.7 Å². The van der Waals surface area contributed by atoms with Crippen LogP contribution in [0.4, 0.5) is 40.9 Å². The van der Waals surface area contributed by atoms with Gasteiger partial charge in [-0.25, -0.2) is 39.7 Å². The van der Waals surface area contributed by atoms with E-state index < -0.39 is 107 Å². The summed E-state index contributed by atoms with van der Waals surface area (Å²) in [6.07, 6.45) is -4.66. The molecule has 59 heavy (non-hydrogen) atoms. The maximum Gasteiger partial charge on any atom is 0.293 e. The van der Waals surface area contributed by atoms with Crippen LogP contribution < -0.4 is 10.0 Å². The van der Waals surface area contributed by atoms with Crippen LogP contribution in [-0.2, 0) is 40.8 Å². The van der Waals surface area contributed by atoms with Crippen molar-refractivity contribution in [2.24, 2.45) is 13.0 Å². The quantitative estimate of drug-likeness (QED) is 0.103. The van der Waals surface area contributed by atoms with Crippen molar-refractivity contribution in [2.45, 2.75) is 68.1 Å². The lowest BCUT2D eigenvalue weighted by molar-refractivity contribution is -0.176. The Morgan fingerprint density at radius 2 is 1.71 bits per heavy atom. The van der Waals surface area contributed by atoms with Gasteiger partial charge in [-0.3, -0.25) is 18.9 Å². The number of aromatic nitrogens is 5. The lowest BCUT2D eigenvalue weighted by atomic mass is 9.77. The molecule has 310 valence electrons. The number of sulfonamides is 1. The number of carbonyl (C=O) groups is 1. The number of pyridine rings is 1. The van der Waals surface area contributed by atoms with E-state index in [2.05, 4.69) is 37.1 Å². The molecule has 21 heteroatoms. The fourth-order valence-corrected chi connectivity index (χ4v) is 8.82. The monoisotopic (exact) mass is 867 g/mol. The average Bonchev–Trinajstić information content (AvgIpc) is 3.65. The number of nitrogens with one attached hydrogen (secondary N) is 2. The van der Waals surface area contributed by atoms with E-state index in [4.69, 9.17) is 11.6 Å². The minimum Gasteiger partial charge on any atom is -0.377 e. The van der Waals surface area contributed by atoms with Gasteiger partial charge in [0.05, 0.1) is 46.8 Å². The second kappa shape index (κ2) is 13.9. The molecule has 0 bridgehead atoms. The average molecular weight is 868 g/mol. The van der Waals surface area contributed by atoms with E-state index in [9.17, 15) is 44.7 Å². The number of benzene rings is 2. The van der Waals surface area contributed by atoms with Gasteiger partial charge in [-0.05, 0) is 60.6 Å². The topological polar surface area (TPSA) is 144 Å². The van der Waals surface area contributed by atoms with Crippen LogP contribution in [-0.4, -0.2) is 61.8 Å². The second-order valence-electron chi connectivity index (χ2n) is 15.1. The van der Waals surface area contributed by atoms with Crippen molar-refractivity contribution in [3.8, 4) is 23.0 Å². The Kier molecular flexibility index (Phi) is 9.55. The van der Waals surface area contributed by atoms with Gasteiger partial charge in [-0.1, -0.05) is 23.6 Å². The maximum atomic E-state index is 15.4. The third kappa shape index (κ3) is 7.59. The molecule has 2 saturated carbocycles. The molecule has 1 amide bonds. The molecule has 3 aliphatic carbocycles. The molecule has 0 saturated heterocycles. The Bertz CT molecular complexity index is 2740. The van der Waals surface area contributed by atoms with Crippen LogP contribution in [0.1, 0.15) is 71.6 Å². The third-order valence-electron chi connectivity index (χ3n) is 10.4. The number of anilines is 1. The molecule has 1 unspecified atom stereocenters. The Balaban J connectivity index is 1.27. The molecule has 0 aliphatic heterocycles. The molecule has 11 nitrogen and oxygen atoms in total. The Labute approximate surface area is 334 Å². The molecule has 3 aliphatic rings. The minimum atomic E-state index is -3.88. The first-order valence-electron chi connectivity index (χ1n) is 17.8. The fourth-order valence-electron chi connectivity index (χ4n) is 8.09. The lowest BCUT2D eigenvalue weighted by Crippen LogP contribution is -2.50. The van der Waals surface area contributed by atoms with Crippen molar-refractivity contribution in [2.75, 3.05) is 11.0 Å². The van der Waals surface area contributed by atoms with Crippen LogP contribution in [0.25, 0.3) is 22.0 Å². The van der Waals surface area contributed by atoms with E-state index >= 15 is 8.78 Å². The minimum absolute atomic E-state index is 0.0160. The Morgan fingerprint density at radius 1 is 1.03 bits per heavy atom. The molecular weight excluding hydrogens is 838 g/mol. The van der Waals surface area contributed by atoms with E-state index in [1.807, 2.05) is 0 Å². The number of hydrogen-bond acceptors (Lipinski definition) is 7. The second-order valence-corrected chi connectivity index (χ2v) is 17.2. The van der Waals surface area contributed by atoms with Crippen LogP contribution in [0, 0.1) is 29.4 Å². The van der Waals surface area contributed by atoms with Gasteiger partial charge in [0.15, 0.2) is 5.82 Å². The summed E-state index contributed by atoms with van der Waals surface area (Å²) in [5.41, 5.74) is -3.64. The highest BCUT2D eigenvalue weighted by atomic mass is 35.5. The van der Waals surface area contributed by atoms with Crippen LogP contribution in [0.5, 0.6) is 0 Å². The first-order chi connectivity index (χ1) is 27.5. The van der Waals surface area contributed by atoms with E-state index in [0.717, 1.165) is 18.4 Å². The molecule has 0 radical (unpaired) electrons. The van der Waals surface area contributed by atoms with E-state index in [-0.39, 0.29) is 61.8 Å². The highest BCUT2D eigenvalue weighted by Crippen LogP contribution is 2.68. The van der Waals surface area contributed by atoms with Crippen LogP contribution in [0.2, 0.25) is 5.02 Å². The molecule has 2 aromatic carbocycles. The number of fused-ring (bicyclic) bond motifs is 4. The summed E-state index contributed by atoms with van der Waals surface area (Å²) in [4.78, 5) is 18.5. The summed E-state index contributed by atoms with van der Waals surface area (Å²) in [6, 6.07) is 6.81. The summed E-state index contributed by atoms with van der Waals surface area (Å²) in [6.45, 7) is -0.985. The number of alkyl halides is 6.